The summed E-state index contributed by atoms with van der Waals surface area (Å²) in [7, 11) is 0. The highest BCUT2D eigenvalue weighted by Gasteiger charge is 2.24. The SMILES string of the molecule is O=C(NC1CCC(NC(=O)c2ccccc2)CC1)c1ccccc1. The second kappa shape index (κ2) is 7.77. The molecule has 2 aromatic rings. The summed E-state index contributed by atoms with van der Waals surface area (Å²) in [5.74, 6) is -0.0419. The normalized spacial score (nSPS) is 20.2. The Kier molecular flexibility index (Phi) is 5.26. The van der Waals surface area contributed by atoms with Gasteiger partial charge in [0, 0.05) is 23.2 Å². The molecule has 3 rings (SSSR count). The Morgan fingerprint density at radius 1 is 0.625 bits per heavy atom. The quantitative estimate of drug-likeness (QED) is 0.908. The van der Waals surface area contributed by atoms with Gasteiger partial charge in [0.25, 0.3) is 11.8 Å². The zero-order chi connectivity index (χ0) is 16.8. The van der Waals surface area contributed by atoms with Crippen molar-refractivity contribution in [3.63, 3.8) is 0 Å². The minimum Gasteiger partial charge on any atom is -0.349 e. The third-order valence-electron chi connectivity index (χ3n) is 4.47. The Hall–Kier alpha value is -2.62. The minimum atomic E-state index is -0.0210. The molecular formula is C20H22N2O2. The molecule has 124 valence electrons. The number of nitrogens with one attached hydrogen (secondary N) is 2. The van der Waals surface area contributed by atoms with E-state index in [1.807, 2.05) is 60.7 Å². The molecule has 0 atom stereocenters. The van der Waals surface area contributed by atoms with Gasteiger partial charge in [-0.3, -0.25) is 9.59 Å². The van der Waals surface area contributed by atoms with Crippen molar-refractivity contribution in [1.29, 1.82) is 0 Å². The number of rotatable bonds is 4. The summed E-state index contributed by atoms with van der Waals surface area (Å²) < 4.78 is 0. The molecule has 24 heavy (non-hydrogen) atoms. The molecule has 1 aliphatic rings. The van der Waals surface area contributed by atoms with Gasteiger partial charge in [-0.2, -0.15) is 0 Å². The molecule has 0 heterocycles. The number of amides is 2. The van der Waals surface area contributed by atoms with Crippen molar-refractivity contribution in [1.82, 2.24) is 10.6 Å². The predicted octanol–water partition coefficient (Wildman–Crippen LogP) is 3.16. The molecule has 4 nitrogen and oxygen atoms in total. The summed E-state index contributed by atoms with van der Waals surface area (Å²) >= 11 is 0. The highest BCUT2D eigenvalue weighted by atomic mass is 16.2. The monoisotopic (exact) mass is 322 g/mol. The van der Waals surface area contributed by atoms with Crippen LogP contribution in [0.1, 0.15) is 46.4 Å². The minimum absolute atomic E-state index is 0.0210. The molecule has 1 aliphatic carbocycles. The largest absolute Gasteiger partial charge is 0.349 e. The Labute approximate surface area is 142 Å². The lowest BCUT2D eigenvalue weighted by Crippen LogP contribution is -2.43. The summed E-state index contributed by atoms with van der Waals surface area (Å²) in [6, 6.07) is 18.9. The zero-order valence-corrected chi connectivity index (χ0v) is 13.6. The Morgan fingerprint density at radius 3 is 1.29 bits per heavy atom. The van der Waals surface area contributed by atoms with Gasteiger partial charge in [0.1, 0.15) is 0 Å². The third kappa shape index (κ3) is 4.22. The first-order valence-electron chi connectivity index (χ1n) is 8.44. The Morgan fingerprint density at radius 2 is 0.958 bits per heavy atom. The van der Waals surface area contributed by atoms with Crippen LogP contribution < -0.4 is 10.6 Å². The molecular weight excluding hydrogens is 300 g/mol. The summed E-state index contributed by atoms with van der Waals surface area (Å²) in [6.45, 7) is 0. The second-order valence-electron chi connectivity index (χ2n) is 6.23. The van der Waals surface area contributed by atoms with Crippen molar-refractivity contribution >= 4 is 11.8 Å². The molecule has 2 aromatic carbocycles. The second-order valence-corrected chi connectivity index (χ2v) is 6.23. The van der Waals surface area contributed by atoms with Crippen molar-refractivity contribution in [3.05, 3.63) is 71.8 Å². The molecule has 0 spiro atoms. The molecule has 0 saturated heterocycles. The third-order valence-corrected chi connectivity index (χ3v) is 4.47. The van der Waals surface area contributed by atoms with Gasteiger partial charge in [0.2, 0.25) is 0 Å². The maximum absolute atomic E-state index is 12.2. The van der Waals surface area contributed by atoms with Crippen LogP contribution in [0.3, 0.4) is 0 Å². The van der Waals surface area contributed by atoms with Crippen LogP contribution >= 0.6 is 0 Å². The lowest BCUT2D eigenvalue weighted by molar-refractivity contribution is 0.0892. The lowest BCUT2D eigenvalue weighted by atomic mass is 9.90. The van der Waals surface area contributed by atoms with E-state index in [1.165, 1.54) is 0 Å². The van der Waals surface area contributed by atoms with Gasteiger partial charge in [-0.25, -0.2) is 0 Å². The Balaban J connectivity index is 1.46. The summed E-state index contributed by atoms with van der Waals surface area (Å²) in [6.07, 6.45) is 3.55. The molecule has 1 fully saturated rings. The first-order valence-corrected chi connectivity index (χ1v) is 8.44. The molecule has 0 unspecified atom stereocenters. The van der Waals surface area contributed by atoms with Crippen LogP contribution in [0.4, 0.5) is 0 Å². The van der Waals surface area contributed by atoms with Gasteiger partial charge in [-0.1, -0.05) is 36.4 Å². The van der Waals surface area contributed by atoms with Crippen LogP contribution in [0.15, 0.2) is 60.7 Å². The van der Waals surface area contributed by atoms with Crippen LogP contribution in [0, 0.1) is 0 Å². The van der Waals surface area contributed by atoms with Crippen LogP contribution in [0.25, 0.3) is 0 Å². The van der Waals surface area contributed by atoms with E-state index in [2.05, 4.69) is 10.6 Å². The van der Waals surface area contributed by atoms with Crippen molar-refractivity contribution in [3.8, 4) is 0 Å². The maximum atomic E-state index is 12.2. The molecule has 0 radical (unpaired) electrons. The fourth-order valence-electron chi connectivity index (χ4n) is 3.10. The summed E-state index contributed by atoms with van der Waals surface area (Å²) in [5.41, 5.74) is 1.38. The number of hydrogen-bond acceptors (Lipinski definition) is 2. The van der Waals surface area contributed by atoms with E-state index in [9.17, 15) is 9.59 Å². The van der Waals surface area contributed by atoms with Crippen LogP contribution in [-0.4, -0.2) is 23.9 Å². The summed E-state index contributed by atoms with van der Waals surface area (Å²) in [4.78, 5) is 24.4. The smallest absolute Gasteiger partial charge is 0.251 e. The number of hydrogen-bond donors (Lipinski definition) is 2. The highest BCUT2D eigenvalue weighted by molar-refractivity contribution is 5.94. The number of benzene rings is 2. The van der Waals surface area contributed by atoms with Crippen molar-refractivity contribution in [2.75, 3.05) is 0 Å². The lowest BCUT2D eigenvalue weighted by Gasteiger charge is -2.29. The van der Waals surface area contributed by atoms with E-state index >= 15 is 0 Å². The van der Waals surface area contributed by atoms with Gasteiger partial charge in [0.15, 0.2) is 0 Å². The molecule has 1 saturated carbocycles. The van der Waals surface area contributed by atoms with E-state index in [4.69, 9.17) is 0 Å². The zero-order valence-electron chi connectivity index (χ0n) is 13.6. The molecule has 2 N–H and O–H groups in total. The van der Waals surface area contributed by atoms with E-state index < -0.39 is 0 Å². The standard InChI is InChI=1S/C20H22N2O2/c23-19(15-7-3-1-4-8-15)21-17-11-13-18(14-12-17)22-20(24)16-9-5-2-6-10-16/h1-10,17-18H,11-14H2,(H,21,23)(H,22,24). The topological polar surface area (TPSA) is 58.2 Å². The van der Waals surface area contributed by atoms with Gasteiger partial charge >= 0.3 is 0 Å². The van der Waals surface area contributed by atoms with Gasteiger partial charge in [-0.15, -0.1) is 0 Å². The first kappa shape index (κ1) is 16.2. The number of carbonyl (C=O) groups excluding carboxylic acids is 2. The first-order chi connectivity index (χ1) is 11.7. The highest BCUT2D eigenvalue weighted by Crippen LogP contribution is 2.19. The van der Waals surface area contributed by atoms with E-state index in [1.54, 1.807) is 0 Å². The molecule has 0 aliphatic heterocycles. The number of carbonyl (C=O) groups is 2. The average Bonchev–Trinajstić information content (AvgIpc) is 2.65. The van der Waals surface area contributed by atoms with Gasteiger partial charge in [0.05, 0.1) is 0 Å². The van der Waals surface area contributed by atoms with Gasteiger partial charge in [-0.05, 0) is 49.9 Å². The van der Waals surface area contributed by atoms with Gasteiger partial charge < -0.3 is 10.6 Å². The van der Waals surface area contributed by atoms with E-state index in [0.717, 1.165) is 25.7 Å². The average molecular weight is 322 g/mol. The van der Waals surface area contributed by atoms with Crippen molar-refractivity contribution in [2.45, 2.75) is 37.8 Å². The van der Waals surface area contributed by atoms with Crippen molar-refractivity contribution < 1.29 is 9.59 Å². The fraction of sp³-hybridized carbons (Fsp3) is 0.300. The van der Waals surface area contributed by atoms with Crippen LogP contribution in [0.2, 0.25) is 0 Å². The Bertz CT molecular complexity index is 616. The molecule has 4 heteroatoms. The van der Waals surface area contributed by atoms with E-state index in [0.29, 0.717) is 11.1 Å². The van der Waals surface area contributed by atoms with Crippen LogP contribution in [-0.2, 0) is 0 Å². The van der Waals surface area contributed by atoms with Crippen molar-refractivity contribution in [2.24, 2.45) is 0 Å². The predicted molar refractivity (Wildman–Crippen MR) is 93.9 cm³/mol. The molecule has 2 amide bonds. The van der Waals surface area contributed by atoms with Crippen LogP contribution in [0.5, 0.6) is 0 Å². The fourth-order valence-corrected chi connectivity index (χ4v) is 3.10. The molecule has 0 bridgehead atoms. The maximum Gasteiger partial charge on any atom is 0.251 e. The summed E-state index contributed by atoms with van der Waals surface area (Å²) in [5, 5.41) is 6.18. The van der Waals surface area contributed by atoms with E-state index in [-0.39, 0.29) is 23.9 Å². The molecule has 0 aromatic heterocycles.